The Morgan fingerprint density at radius 3 is 2.32 bits per heavy atom. The van der Waals surface area contributed by atoms with Crippen molar-refractivity contribution in [3.8, 4) is 5.75 Å². The average Bonchev–Trinajstić information content (AvgIpc) is 3.14. The van der Waals surface area contributed by atoms with E-state index in [9.17, 15) is 27.9 Å². The minimum Gasteiger partial charge on any atom is -0.491 e. The Balaban J connectivity index is 1.58. The van der Waals surface area contributed by atoms with Gasteiger partial charge >= 0.3 is 0 Å². The second kappa shape index (κ2) is 18.9. The van der Waals surface area contributed by atoms with Crippen LogP contribution in [0.1, 0.15) is 61.2 Å². The first-order valence-corrected chi connectivity index (χ1v) is 19.3. The van der Waals surface area contributed by atoms with Crippen LogP contribution in [0.3, 0.4) is 0 Å². The molecule has 53 heavy (non-hydrogen) atoms. The summed E-state index contributed by atoms with van der Waals surface area (Å²) in [6, 6.07) is 19.9. The van der Waals surface area contributed by atoms with Gasteiger partial charge in [-0.25, -0.2) is 8.42 Å². The molecule has 1 aliphatic heterocycles. The van der Waals surface area contributed by atoms with E-state index < -0.39 is 51.4 Å². The highest BCUT2D eigenvalue weighted by Gasteiger charge is 2.33. The van der Waals surface area contributed by atoms with Crippen LogP contribution in [0.15, 0.2) is 84.9 Å². The zero-order chi connectivity index (χ0) is 38.7. The first kappa shape index (κ1) is 41.0. The summed E-state index contributed by atoms with van der Waals surface area (Å²) >= 11 is 0. The molecule has 0 aliphatic carbocycles. The van der Waals surface area contributed by atoms with Crippen molar-refractivity contribution in [1.82, 2.24) is 16.0 Å². The number of anilines is 1. The maximum absolute atomic E-state index is 13.9. The van der Waals surface area contributed by atoms with E-state index in [0.29, 0.717) is 30.8 Å². The molecule has 0 radical (unpaired) electrons. The van der Waals surface area contributed by atoms with Gasteiger partial charge in [-0.3, -0.25) is 18.7 Å². The van der Waals surface area contributed by atoms with E-state index in [4.69, 9.17) is 9.47 Å². The van der Waals surface area contributed by atoms with Crippen LogP contribution in [-0.2, 0) is 43.7 Å². The molecule has 3 aromatic rings. The van der Waals surface area contributed by atoms with Crippen LogP contribution in [0.5, 0.6) is 5.75 Å². The Labute approximate surface area is 313 Å². The fraction of sp³-hybridized carbons (Fsp3) is 0.425. The minimum atomic E-state index is -3.70. The van der Waals surface area contributed by atoms with Gasteiger partial charge in [0.05, 0.1) is 23.1 Å². The summed E-state index contributed by atoms with van der Waals surface area (Å²) in [5.74, 6) is -1.26. The molecule has 286 valence electrons. The molecular formula is C40H52N4O8S. The zero-order valence-corrected chi connectivity index (χ0v) is 32.1. The number of nitrogens with zero attached hydrogens (tertiary/aromatic N) is 1. The van der Waals surface area contributed by atoms with Crippen LogP contribution in [0.25, 0.3) is 0 Å². The predicted octanol–water partition coefficient (Wildman–Crippen LogP) is 3.92. The molecule has 0 unspecified atom stereocenters. The summed E-state index contributed by atoms with van der Waals surface area (Å²) in [5.41, 5.74) is 3.12. The fourth-order valence-electron chi connectivity index (χ4n) is 5.83. The van der Waals surface area contributed by atoms with Gasteiger partial charge in [-0.1, -0.05) is 68.5 Å². The maximum Gasteiger partial charge on any atom is 0.251 e. The van der Waals surface area contributed by atoms with E-state index in [0.717, 1.165) is 16.7 Å². The van der Waals surface area contributed by atoms with E-state index >= 15 is 0 Å². The molecule has 3 aromatic carbocycles. The number of ether oxygens (including phenoxy) is 2. The predicted molar refractivity (Wildman–Crippen MR) is 205 cm³/mol. The van der Waals surface area contributed by atoms with Crippen molar-refractivity contribution < 1.29 is 37.4 Å². The van der Waals surface area contributed by atoms with Gasteiger partial charge in [0.2, 0.25) is 21.8 Å². The van der Waals surface area contributed by atoms with Gasteiger partial charge in [-0.2, -0.15) is 0 Å². The van der Waals surface area contributed by atoms with Crippen molar-refractivity contribution in [2.45, 2.75) is 83.0 Å². The third kappa shape index (κ3) is 11.4. The lowest BCUT2D eigenvalue weighted by molar-refractivity contribution is -0.137. The van der Waals surface area contributed by atoms with Gasteiger partial charge in [0.15, 0.2) is 0 Å². The van der Waals surface area contributed by atoms with Gasteiger partial charge < -0.3 is 30.5 Å². The van der Waals surface area contributed by atoms with Crippen LogP contribution in [0, 0.1) is 5.92 Å². The Hall–Kier alpha value is -4.72. The van der Waals surface area contributed by atoms with Gasteiger partial charge in [0.25, 0.3) is 5.91 Å². The SMILES string of the molecule is CO[C@H](C[C@H](O)[C@@H]1COc2cccc(c2)C/C=C/Cc2cc(cc(N(C)S(=O)(=O)C(C)C)c2)C(=O)N1)C(=O)N[C@H](C(=O)NCc1ccccc1)C(C)C. The summed E-state index contributed by atoms with van der Waals surface area (Å²) in [6.07, 6.45) is 2.26. The third-order valence-corrected chi connectivity index (χ3v) is 11.3. The molecule has 4 rings (SSSR count). The monoisotopic (exact) mass is 748 g/mol. The molecule has 3 amide bonds. The van der Waals surface area contributed by atoms with Crippen LogP contribution >= 0.6 is 0 Å². The second-order valence-corrected chi connectivity index (χ2v) is 16.3. The van der Waals surface area contributed by atoms with Gasteiger partial charge in [-0.15, -0.1) is 0 Å². The maximum atomic E-state index is 13.9. The number of carbonyl (C=O) groups excluding carboxylic acids is 3. The van der Waals surface area contributed by atoms with E-state index in [1.807, 2.05) is 74.5 Å². The summed E-state index contributed by atoms with van der Waals surface area (Å²) in [7, 11) is -0.917. The number of fused-ring (bicyclic) bond motifs is 4. The van der Waals surface area contributed by atoms with E-state index in [1.54, 1.807) is 32.0 Å². The van der Waals surface area contributed by atoms with Crippen molar-refractivity contribution in [2.24, 2.45) is 5.92 Å². The van der Waals surface area contributed by atoms with Crippen molar-refractivity contribution >= 4 is 33.4 Å². The highest BCUT2D eigenvalue weighted by molar-refractivity contribution is 7.93. The topological polar surface area (TPSA) is 163 Å². The first-order valence-electron chi connectivity index (χ1n) is 17.8. The van der Waals surface area contributed by atoms with Gasteiger partial charge in [0, 0.05) is 32.7 Å². The number of methoxy groups -OCH3 is 1. The number of amides is 3. The number of hydrogen-bond donors (Lipinski definition) is 4. The molecule has 1 aliphatic rings. The minimum absolute atomic E-state index is 0.158. The molecule has 4 N–H and O–H groups in total. The molecular weight excluding hydrogens is 697 g/mol. The molecule has 12 nitrogen and oxygen atoms in total. The number of rotatable bonds is 13. The Kier molecular flexibility index (Phi) is 14.6. The van der Waals surface area contributed by atoms with Crippen LogP contribution in [-0.4, -0.2) is 81.6 Å². The summed E-state index contributed by atoms with van der Waals surface area (Å²) in [5, 5.41) is 19.4. The van der Waals surface area contributed by atoms with E-state index in [1.165, 1.54) is 24.5 Å². The first-order chi connectivity index (χ1) is 25.2. The summed E-state index contributed by atoms with van der Waals surface area (Å²) < 4.78 is 38.9. The number of benzene rings is 3. The van der Waals surface area contributed by atoms with Crippen LogP contribution in [0.4, 0.5) is 5.69 Å². The number of aliphatic hydroxyl groups is 1. The lowest BCUT2D eigenvalue weighted by Crippen LogP contribution is -2.54. The van der Waals surface area contributed by atoms with Crippen molar-refractivity contribution in [2.75, 3.05) is 25.1 Å². The summed E-state index contributed by atoms with van der Waals surface area (Å²) in [4.78, 5) is 40.6. The Morgan fingerprint density at radius 2 is 1.66 bits per heavy atom. The molecule has 0 saturated heterocycles. The molecule has 0 spiro atoms. The van der Waals surface area contributed by atoms with Gasteiger partial charge in [-0.05, 0) is 79.6 Å². The van der Waals surface area contributed by atoms with Crippen molar-refractivity contribution in [3.63, 3.8) is 0 Å². The number of nitrogens with one attached hydrogen (secondary N) is 3. The van der Waals surface area contributed by atoms with Crippen molar-refractivity contribution in [3.05, 3.63) is 107 Å². The molecule has 4 bridgehead atoms. The molecule has 0 fully saturated rings. The number of carbonyl (C=O) groups is 3. The lowest BCUT2D eigenvalue weighted by Gasteiger charge is -2.29. The Morgan fingerprint density at radius 1 is 0.962 bits per heavy atom. The molecule has 4 atom stereocenters. The highest BCUT2D eigenvalue weighted by Crippen LogP contribution is 2.24. The smallest absolute Gasteiger partial charge is 0.251 e. The standard InChI is InChI=1S/C40H52N4O8S/c1-26(2)37(40(48)41-24-29-14-8-7-9-15-29)43-39(47)36(51-6)23-35(45)34-25-52-33-18-12-17-28(21-33)13-10-11-16-30-19-31(38(46)42-34)22-32(20-30)44(5)53(49,50)27(3)4/h7-12,14-15,17-22,26-27,34-37,45H,13,16,23-25H2,1-6H3,(H,41,48)(H,42,46)(H,43,47)/b11-10+/t34-,35-,36+,37-/m0/s1. The number of aliphatic hydroxyl groups excluding tert-OH is 1. The number of sulfonamides is 1. The molecule has 13 heteroatoms. The van der Waals surface area contributed by atoms with Crippen LogP contribution in [0.2, 0.25) is 0 Å². The highest BCUT2D eigenvalue weighted by atomic mass is 32.2. The fourth-order valence-corrected chi connectivity index (χ4v) is 6.86. The quantitative estimate of drug-likeness (QED) is 0.191. The number of allylic oxidation sites excluding steroid dienone is 2. The van der Waals surface area contributed by atoms with Gasteiger partial charge in [0.1, 0.15) is 24.5 Å². The van der Waals surface area contributed by atoms with E-state index in [-0.39, 0.29) is 30.4 Å². The lowest BCUT2D eigenvalue weighted by atomic mass is 10.00. The van der Waals surface area contributed by atoms with E-state index in [2.05, 4.69) is 16.0 Å². The molecule has 0 saturated carbocycles. The zero-order valence-electron chi connectivity index (χ0n) is 31.2. The normalized spacial score (nSPS) is 17.3. The van der Waals surface area contributed by atoms with Crippen LogP contribution < -0.4 is 25.0 Å². The largest absolute Gasteiger partial charge is 0.491 e. The molecule has 1 heterocycles. The molecule has 0 aromatic heterocycles. The second-order valence-electron chi connectivity index (χ2n) is 13.8. The van der Waals surface area contributed by atoms with Crippen molar-refractivity contribution in [1.29, 1.82) is 0 Å². The third-order valence-electron chi connectivity index (χ3n) is 9.15. The number of hydrogen-bond acceptors (Lipinski definition) is 8. The Bertz CT molecular complexity index is 1850. The average molecular weight is 749 g/mol. The summed E-state index contributed by atoms with van der Waals surface area (Å²) in [6.45, 7) is 6.94.